The minimum absolute atomic E-state index is 0.148. The molecule has 0 aliphatic heterocycles. The lowest BCUT2D eigenvalue weighted by molar-refractivity contribution is -0.137. The molecule has 1 amide bonds. The first-order chi connectivity index (χ1) is 13.8. The number of benzene rings is 2. The second kappa shape index (κ2) is 9.21. The molecule has 2 atom stereocenters. The third-order valence-corrected chi connectivity index (χ3v) is 6.06. The lowest BCUT2D eigenvalue weighted by Gasteiger charge is -2.17. The van der Waals surface area contributed by atoms with Gasteiger partial charge in [-0.25, -0.2) is 0 Å². The molecule has 2 aromatic rings. The van der Waals surface area contributed by atoms with Gasteiger partial charge in [0.2, 0.25) is 0 Å². The molecule has 1 aliphatic carbocycles. The number of hydrogen-bond acceptors (Lipinski definition) is 1. The van der Waals surface area contributed by atoms with Crippen molar-refractivity contribution in [3.05, 3.63) is 58.6 Å². The maximum Gasteiger partial charge on any atom is 0.417 e. The molecule has 29 heavy (non-hydrogen) atoms. The van der Waals surface area contributed by atoms with Gasteiger partial charge in [0, 0.05) is 11.6 Å². The summed E-state index contributed by atoms with van der Waals surface area (Å²) < 4.78 is 39.5. The SMILES string of the molecule is CCC1CCCC(NC(=O)c2cccc(-c3ccc(Cl)c(C(F)(F)F)c3)c2)CC1. The van der Waals surface area contributed by atoms with Crippen LogP contribution in [-0.2, 0) is 6.18 Å². The molecule has 1 saturated carbocycles. The van der Waals surface area contributed by atoms with E-state index in [0.29, 0.717) is 16.7 Å². The van der Waals surface area contributed by atoms with Gasteiger partial charge in [-0.2, -0.15) is 13.2 Å². The molecule has 1 fully saturated rings. The molecule has 0 aromatic heterocycles. The van der Waals surface area contributed by atoms with Crippen LogP contribution in [0.15, 0.2) is 42.5 Å². The summed E-state index contributed by atoms with van der Waals surface area (Å²) in [5.74, 6) is 0.546. The monoisotopic (exact) mass is 423 g/mol. The Hall–Kier alpha value is -2.01. The summed E-state index contributed by atoms with van der Waals surface area (Å²) in [7, 11) is 0. The van der Waals surface area contributed by atoms with Gasteiger partial charge in [0.15, 0.2) is 0 Å². The maximum atomic E-state index is 13.2. The lowest BCUT2D eigenvalue weighted by atomic mass is 9.97. The highest BCUT2D eigenvalue weighted by Gasteiger charge is 2.33. The van der Waals surface area contributed by atoms with Crippen LogP contribution < -0.4 is 5.32 Å². The van der Waals surface area contributed by atoms with Crippen LogP contribution in [0.5, 0.6) is 0 Å². The Morgan fingerprint density at radius 3 is 2.55 bits per heavy atom. The van der Waals surface area contributed by atoms with Crippen molar-refractivity contribution >= 4 is 17.5 Å². The zero-order valence-electron chi connectivity index (χ0n) is 16.4. The average Bonchev–Trinajstić information content (AvgIpc) is 2.92. The third-order valence-electron chi connectivity index (χ3n) is 5.73. The Morgan fingerprint density at radius 1 is 1.07 bits per heavy atom. The number of nitrogens with one attached hydrogen (secondary N) is 1. The predicted molar refractivity (Wildman–Crippen MR) is 110 cm³/mol. The minimum atomic E-state index is -4.53. The molecular weight excluding hydrogens is 399 g/mol. The van der Waals surface area contributed by atoms with Crippen molar-refractivity contribution in [2.75, 3.05) is 0 Å². The molecule has 6 heteroatoms. The Morgan fingerprint density at radius 2 is 1.83 bits per heavy atom. The Balaban J connectivity index is 1.77. The number of rotatable bonds is 4. The fourth-order valence-corrected chi connectivity index (χ4v) is 4.19. The Labute approximate surface area is 174 Å². The summed E-state index contributed by atoms with van der Waals surface area (Å²) in [5.41, 5.74) is 0.487. The Bertz CT molecular complexity index is 865. The van der Waals surface area contributed by atoms with Gasteiger partial charge in [0.05, 0.1) is 10.6 Å². The number of hydrogen-bond donors (Lipinski definition) is 1. The third kappa shape index (κ3) is 5.53. The van der Waals surface area contributed by atoms with Crippen LogP contribution in [0.2, 0.25) is 5.02 Å². The van der Waals surface area contributed by atoms with Crippen molar-refractivity contribution < 1.29 is 18.0 Å². The van der Waals surface area contributed by atoms with E-state index in [-0.39, 0.29) is 17.0 Å². The normalized spacial score (nSPS) is 20.2. The van der Waals surface area contributed by atoms with E-state index in [2.05, 4.69) is 12.2 Å². The minimum Gasteiger partial charge on any atom is -0.349 e. The first kappa shape index (κ1) is 21.7. The summed E-state index contributed by atoms with van der Waals surface area (Å²) in [6.45, 7) is 2.20. The van der Waals surface area contributed by atoms with Crippen LogP contribution in [0.4, 0.5) is 13.2 Å². The summed E-state index contributed by atoms with van der Waals surface area (Å²) >= 11 is 5.71. The highest BCUT2D eigenvalue weighted by molar-refractivity contribution is 6.31. The number of carbonyl (C=O) groups is 1. The average molecular weight is 424 g/mol. The summed E-state index contributed by atoms with van der Waals surface area (Å²) in [6.07, 6.45) is 2.00. The second-order valence-electron chi connectivity index (χ2n) is 7.73. The van der Waals surface area contributed by atoms with Crippen LogP contribution in [0, 0.1) is 5.92 Å². The maximum absolute atomic E-state index is 13.2. The molecule has 1 N–H and O–H groups in total. The largest absolute Gasteiger partial charge is 0.417 e. The molecule has 1 aliphatic rings. The molecule has 0 saturated heterocycles. The topological polar surface area (TPSA) is 29.1 Å². The standard InChI is InChI=1S/C23H25ClF3NO/c1-2-15-5-3-8-19(11-9-15)28-22(29)18-7-4-6-16(13-18)17-10-12-21(24)20(14-17)23(25,26)27/h4,6-7,10,12-15,19H,2-3,5,8-9,11H2,1H3,(H,28,29). The molecule has 2 nitrogen and oxygen atoms in total. The molecular formula is C23H25ClF3NO. The number of carbonyl (C=O) groups excluding carboxylic acids is 1. The molecule has 2 aromatic carbocycles. The van der Waals surface area contributed by atoms with Gasteiger partial charge < -0.3 is 5.32 Å². The molecule has 2 unspecified atom stereocenters. The molecule has 156 valence electrons. The van der Waals surface area contributed by atoms with E-state index in [1.807, 2.05) is 0 Å². The molecule has 0 bridgehead atoms. The van der Waals surface area contributed by atoms with Crippen molar-refractivity contribution in [3.63, 3.8) is 0 Å². The van der Waals surface area contributed by atoms with E-state index in [1.54, 1.807) is 24.3 Å². The molecule has 0 radical (unpaired) electrons. The fourth-order valence-electron chi connectivity index (χ4n) is 3.96. The van der Waals surface area contributed by atoms with E-state index in [1.165, 1.54) is 25.0 Å². The quantitative estimate of drug-likeness (QED) is 0.521. The van der Waals surface area contributed by atoms with Crippen LogP contribution in [0.1, 0.15) is 61.4 Å². The number of halogens is 4. The van der Waals surface area contributed by atoms with Crippen molar-refractivity contribution in [3.8, 4) is 11.1 Å². The van der Waals surface area contributed by atoms with Gasteiger partial charge in [-0.15, -0.1) is 0 Å². The summed E-state index contributed by atoms with van der Waals surface area (Å²) in [6, 6.07) is 10.6. The van der Waals surface area contributed by atoms with Gasteiger partial charge in [0.25, 0.3) is 5.91 Å². The van der Waals surface area contributed by atoms with Gasteiger partial charge >= 0.3 is 6.18 Å². The van der Waals surface area contributed by atoms with Crippen molar-refractivity contribution in [1.82, 2.24) is 5.32 Å². The zero-order valence-corrected chi connectivity index (χ0v) is 17.1. The van der Waals surface area contributed by atoms with E-state index in [9.17, 15) is 18.0 Å². The van der Waals surface area contributed by atoms with Gasteiger partial charge in [-0.05, 0) is 60.6 Å². The van der Waals surface area contributed by atoms with Gasteiger partial charge in [-0.3, -0.25) is 4.79 Å². The molecule has 3 rings (SSSR count). The second-order valence-corrected chi connectivity index (χ2v) is 8.13. The van der Waals surface area contributed by atoms with E-state index < -0.39 is 11.7 Å². The van der Waals surface area contributed by atoms with Gasteiger partial charge in [-0.1, -0.05) is 56.0 Å². The first-order valence-corrected chi connectivity index (χ1v) is 10.4. The highest BCUT2D eigenvalue weighted by atomic mass is 35.5. The highest BCUT2D eigenvalue weighted by Crippen LogP contribution is 2.37. The van der Waals surface area contributed by atoms with Crippen LogP contribution in [0.3, 0.4) is 0 Å². The van der Waals surface area contributed by atoms with Crippen LogP contribution in [0.25, 0.3) is 11.1 Å². The zero-order chi connectivity index (χ0) is 21.0. The predicted octanol–water partition coefficient (Wildman–Crippen LogP) is 7.11. The van der Waals surface area contributed by atoms with Gasteiger partial charge in [0.1, 0.15) is 0 Å². The smallest absolute Gasteiger partial charge is 0.349 e. The van der Waals surface area contributed by atoms with Crippen LogP contribution >= 0.6 is 11.6 Å². The van der Waals surface area contributed by atoms with E-state index >= 15 is 0 Å². The van der Waals surface area contributed by atoms with E-state index in [0.717, 1.165) is 37.7 Å². The van der Waals surface area contributed by atoms with Crippen molar-refractivity contribution in [2.24, 2.45) is 5.92 Å². The Kier molecular flexibility index (Phi) is 6.89. The molecule has 0 spiro atoms. The molecule has 0 heterocycles. The van der Waals surface area contributed by atoms with Crippen molar-refractivity contribution in [2.45, 2.75) is 57.7 Å². The van der Waals surface area contributed by atoms with Crippen LogP contribution in [-0.4, -0.2) is 11.9 Å². The van der Waals surface area contributed by atoms with E-state index in [4.69, 9.17) is 11.6 Å². The fraction of sp³-hybridized carbons (Fsp3) is 0.435. The lowest BCUT2D eigenvalue weighted by Crippen LogP contribution is -2.34. The number of alkyl halides is 3. The number of amides is 1. The van der Waals surface area contributed by atoms with Crippen molar-refractivity contribution in [1.29, 1.82) is 0 Å². The summed E-state index contributed by atoms with van der Waals surface area (Å²) in [4.78, 5) is 12.7. The first-order valence-electron chi connectivity index (χ1n) is 10.1. The summed E-state index contributed by atoms with van der Waals surface area (Å²) in [5, 5.41) is 2.76.